The molecule has 7 rings (SSSR count). The van der Waals surface area contributed by atoms with Crippen molar-refractivity contribution in [2.45, 2.75) is 43.7 Å². The first kappa shape index (κ1) is 22.7. The van der Waals surface area contributed by atoms with Crippen LogP contribution in [0.15, 0.2) is 53.7 Å². The molecule has 0 spiro atoms. The summed E-state index contributed by atoms with van der Waals surface area (Å²) >= 11 is 1.51. The largest absolute Gasteiger partial charge is 0.493 e. The lowest BCUT2D eigenvalue weighted by atomic mass is 9.48. The maximum absolute atomic E-state index is 13.7. The number of thioether (sulfide) groups is 1. The number of carbonyl (C=O) groups is 1. The van der Waals surface area contributed by atoms with Crippen LogP contribution in [0.1, 0.15) is 38.5 Å². The molecule has 35 heavy (non-hydrogen) atoms. The first-order valence-electron chi connectivity index (χ1n) is 12.5. The standard InChI is InChI=1S/C28H31N3O3S/c1-33-23-9-8-22(13-24(23)34-2)31-26(21-6-4-3-5-7-21)29-30-27(31)35-17-25(32)28-14-18-10-19(15-28)12-20(11-18)16-28/h3-9,13,18-20H,10-12,14-17H2,1-2H3. The van der Waals surface area contributed by atoms with E-state index in [4.69, 9.17) is 9.47 Å². The Morgan fingerprint density at radius 3 is 2.23 bits per heavy atom. The predicted octanol–water partition coefficient (Wildman–Crippen LogP) is 5.83. The second kappa shape index (κ2) is 9.01. The molecule has 0 N–H and O–H groups in total. The monoisotopic (exact) mass is 489 g/mol. The third kappa shape index (κ3) is 4.03. The van der Waals surface area contributed by atoms with E-state index in [0.717, 1.165) is 54.1 Å². The number of hydrogen-bond acceptors (Lipinski definition) is 6. The van der Waals surface area contributed by atoms with Crippen LogP contribution in [-0.4, -0.2) is 40.5 Å². The van der Waals surface area contributed by atoms with Crippen LogP contribution in [0.25, 0.3) is 17.1 Å². The lowest BCUT2D eigenvalue weighted by molar-refractivity contribution is -0.141. The van der Waals surface area contributed by atoms with Crippen LogP contribution in [-0.2, 0) is 4.79 Å². The number of benzene rings is 2. The number of methoxy groups -OCH3 is 2. The summed E-state index contributed by atoms with van der Waals surface area (Å²) in [6, 6.07) is 15.8. The average Bonchev–Trinajstić information content (AvgIpc) is 3.30. The lowest BCUT2D eigenvalue weighted by Crippen LogP contribution is -2.50. The van der Waals surface area contributed by atoms with E-state index in [9.17, 15) is 4.79 Å². The minimum atomic E-state index is -0.0990. The summed E-state index contributed by atoms with van der Waals surface area (Å²) in [4.78, 5) is 13.7. The van der Waals surface area contributed by atoms with Crippen molar-refractivity contribution >= 4 is 17.5 Å². The highest BCUT2D eigenvalue weighted by Crippen LogP contribution is 2.60. The minimum Gasteiger partial charge on any atom is -0.493 e. The fraction of sp³-hybridized carbons (Fsp3) is 0.464. The molecule has 1 heterocycles. The zero-order valence-corrected chi connectivity index (χ0v) is 21.1. The molecule has 4 aliphatic carbocycles. The summed E-state index contributed by atoms with van der Waals surface area (Å²) < 4.78 is 13.0. The molecule has 0 aliphatic heterocycles. The number of hydrogen-bond donors (Lipinski definition) is 0. The molecule has 182 valence electrons. The predicted molar refractivity (Wildman–Crippen MR) is 136 cm³/mol. The van der Waals surface area contributed by atoms with Gasteiger partial charge in [0, 0.05) is 17.0 Å². The van der Waals surface area contributed by atoms with Gasteiger partial charge in [0.25, 0.3) is 0 Å². The molecular weight excluding hydrogens is 458 g/mol. The molecule has 0 radical (unpaired) electrons. The third-order valence-electron chi connectivity index (χ3n) is 8.25. The van der Waals surface area contributed by atoms with Gasteiger partial charge < -0.3 is 9.47 Å². The maximum Gasteiger partial charge on any atom is 0.196 e. The van der Waals surface area contributed by atoms with Crippen molar-refractivity contribution in [1.82, 2.24) is 14.8 Å². The van der Waals surface area contributed by atoms with Crippen LogP contribution < -0.4 is 9.47 Å². The lowest BCUT2D eigenvalue weighted by Gasteiger charge is -2.56. The summed E-state index contributed by atoms with van der Waals surface area (Å²) in [6.07, 6.45) is 7.30. The zero-order chi connectivity index (χ0) is 24.0. The molecule has 3 aromatic rings. The van der Waals surface area contributed by atoms with E-state index >= 15 is 0 Å². The van der Waals surface area contributed by atoms with Crippen LogP contribution in [0.5, 0.6) is 11.5 Å². The molecule has 4 aliphatic rings. The number of nitrogens with zero attached hydrogens (tertiary/aromatic N) is 3. The first-order valence-corrected chi connectivity index (χ1v) is 13.5. The van der Waals surface area contributed by atoms with Crippen molar-refractivity contribution in [3.05, 3.63) is 48.5 Å². The molecule has 4 saturated carbocycles. The highest BCUT2D eigenvalue weighted by Gasteiger charge is 2.54. The highest BCUT2D eigenvalue weighted by atomic mass is 32.2. The Labute approximate surface area is 210 Å². The van der Waals surface area contributed by atoms with Gasteiger partial charge in [0.05, 0.1) is 25.7 Å². The topological polar surface area (TPSA) is 66.2 Å². The van der Waals surface area contributed by atoms with E-state index in [1.807, 2.05) is 53.1 Å². The second-order valence-electron chi connectivity index (χ2n) is 10.5. The number of carbonyl (C=O) groups excluding carboxylic acids is 1. The number of ketones is 1. The third-order valence-corrected chi connectivity index (χ3v) is 9.18. The van der Waals surface area contributed by atoms with Gasteiger partial charge in [0.15, 0.2) is 22.5 Å². The van der Waals surface area contributed by atoms with E-state index in [0.29, 0.717) is 28.2 Å². The maximum atomic E-state index is 13.7. The van der Waals surface area contributed by atoms with E-state index < -0.39 is 0 Å². The van der Waals surface area contributed by atoms with Gasteiger partial charge in [-0.2, -0.15) is 0 Å². The van der Waals surface area contributed by atoms with Crippen molar-refractivity contribution in [2.24, 2.45) is 23.2 Å². The molecule has 0 unspecified atom stereocenters. The normalized spacial score (nSPS) is 26.6. The van der Waals surface area contributed by atoms with E-state index in [1.165, 1.54) is 31.0 Å². The average molecular weight is 490 g/mol. The summed E-state index contributed by atoms with van der Waals surface area (Å²) in [6.45, 7) is 0. The Hall–Kier alpha value is -2.80. The van der Waals surface area contributed by atoms with E-state index in [2.05, 4.69) is 10.2 Å². The van der Waals surface area contributed by atoms with Crippen LogP contribution >= 0.6 is 11.8 Å². The number of ether oxygens (including phenoxy) is 2. The molecule has 7 heteroatoms. The molecule has 4 bridgehead atoms. The summed E-state index contributed by atoms with van der Waals surface area (Å²) in [5.41, 5.74) is 1.74. The second-order valence-corrected chi connectivity index (χ2v) is 11.4. The molecule has 6 nitrogen and oxygen atoms in total. The number of Topliss-reactive ketones (excluding diaryl/α,β-unsaturated/α-hetero) is 1. The van der Waals surface area contributed by atoms with Gasteiger partial charge in [-0.3, -0.25) is 9.36 Å². The summed E-state index contributed by atoms with van der Waals surface area (Å²) in [5.74, 6) is 5.16. The fourth-order valence-corrected chi connectivity index (χ4v) is 8.06. The van der Waals surface area contributed by atoms with Crippen LogP contribution in [0, 0.1) is 23.2 Å². The Morgan fingerprint density at radius 1 is 0.943 bits per heavy atom. The van der Waals surface area contributed by atoms with Crippen molar-refractivity contribution in [3.63, 3.8) is 0 Å². The SMILES string of the molecule is COc1ccc(-n2c(SCC(=O)C34CC5CC(CC(C5)C3)C4)nnc2-c2ccccc2)cc1OC. The molecule has 0 amide bonds. The van der Waals surface area contributed by atoms with Crippen LogP contribution in [0.4, 0.5) is 0 Å². The Morgan fingerprint density at radius 2 is 1.60 bits per heavy atom. The smallest absolute Gasteiger partial charge is 0.196 e. The first-order chi connectivity index (χ1) is 17.1. The van der Waals surface area contributed by atoms with Gasteiger partial charge in [0.1, 0.15) is 5.78 Å². The van der Waals surface area contributed by atoms with E-state index in [-0.39, 0.29) is 5.41 Å². The van der Waals surface area contributed by atoms with Gasteiger partial charge in [-0.15, -0.1) is 10.2 Å². The Kier molecular flexibility index (Phi) is 5.83. The van der Waals surface area contributed by atoms with Gasteiger partial charge >= 0.3 is 0 Å². The molecule has 0 atom stereocenters. The van der Waals surface area contributed by atoms with Crippen LogP contribution in [0.3, 0.4) is 0 Å². The quantitative estimate of drug-likeness (QED) is 0.371. The van der Waals surface area contributed by atoms with Gasteiger partial charge in [0.2, 0.25) is 0 Å². The van der Waals surface area contributed by atoms with Crippen molar-refractivity contribution in [1.29, 1.82) is 0 Å². The van der Waals surface area contributed by atoms with Gasteiger partial charge in [-0.05, 0) is 68.4 Å². The van der Waals surface area contributed by atoms with E-state index in [1.54, 1.807) is 14.2 Å². The number of aromatic nitrogens is 3. The zero-order valence-electron chi connectivity index (χ0n) is 20.3. The summed E-state index contributed by atoms with van der Waals surface area (Å²) in [7, 11) is 3.26. The molecular formula is C28H31N3O3S. The van der Waals surface area contributed by atoms with Crippen molar-refractivity contribution < 1.29 is 14.3 Å². The van der Waals surface area contributed by atoms with Crippen LogP contribution in [0.2, 0.25) is 0 Å². The van der Waals surface area contributed by atoms with Crippen molar-refractivity contribution in [2.75, 3.05) is 20.0 Å². The fourth-order valence-electron chi connectivity index (χ4n) is 7.07. The molecule has 1 aromatic heterocycles. The molecule has 4 fully saturated rings. The van der Waals surface area contributed by atoms with Gasteiger partial charge in [-0.25, -0.2) is 0 Å². The highest BCUT2D eigenvalue weighted by molar-refractivity contribution is 7.99. The number of rotatable bonds is 8. The molecule has 2 aromatic carbocycles. The minimum absolute atomic E-state index is 0.0990. The molecule has 0 saturated heterocycles. The summed E-state index contributed by atoms with van der Waals surface area (Å²) in [5, 5.41) is 9.79. The van der Waals surface area contributed by atoms with Crippen molar-refractivity contribution in [3.8, 4) is 28.6 Å². The Balaban J connectivity index is 1.32. The Bertz CT molecular complexity index is 1200. The van der Waals surface area contributed by atoms with Gasteiger partial charge in [-0.1, -0.05) is 42.1 Å².